The van der Waals surface area contributed by atoms with Crippen LogP contribution in [-0.4, -0.2) is 43.8 Å². The first-order chi connectivity index (χ1) is 8.49. The van der Waals surface area contributed by atoms with Crippen molar-refractivity contribution >= 4 is 28.4 Å². The van der Waals surface area contributed by atoms with E-state index in [0.717, 1.165) is 0 Å². The molecule has 4 nitrogen and oxygen atoms in total. The fourth-order valence-corrected chi connectivity index (χ4v) is 3.49. The van der Waals surface area contributed by atoms with E-state index in [0.29, 0.717) is 23.4 Å². The Labute approximate surface area is 112 Å². The molecule has 0 saturated carbocycles. The van der Waals surface area contributed by atoms with Crippen molar-refractivity contribution in [2.75, 3.05) is 24.6 Å². The van der Waals surface area contributed by atoms with Crippen molar-refractivity contribution in [2.24, 2.45) is 0 Å². The topological polar surface area (TPSA) is 54.5 Å². The van der Waals surface area contributed by atoms with Crippen molar-refractivity contribution in [3.8, 4) is 0 Å². The van der Waals surface area contributed by atoms with Crippen LogP contribution in [0.15, 0.2) is 29.2 Å². The highest BCUT2D eigenvalue weighted by Crippen LogP contribution is 2.17. The third kappa shape index (κ3) is 3.05. The SMILES string of the molecule is O=C(c1ccccc1S)N1CCCS(=O)(=O)CC1. The zero-order valence-corrected chi connectivity index (χ0v) is 11.6. The van der Waals surface area contributed by atoms with E-state index in [9.17, 15) is 13.2 Å². The van der Waals surface area contributed by atoms with Crippen molar-refractivity contribution in [3.05, 3.63) is 29.8 Å². The Kier molecular flexibility index (Phi) is 3.97. The van der Waals surface area contributed by atoms with E-state index in [1.165, 1.54) is 0 Å². The summed E-state index contributed by atoms with van der Waals surface area (Å²) in [4.78, 5) is 14.5. The van der Waals surface area contributed by atoms with Gasteiger partial charge in [-0.1, -0.05) is 12.1 Å². The molecule has 0 radical (unpaired) electrons. The lowest BCUT2D eigenvalue weighted by Gasteiger charge is -2.20. The molecular weight excluding hydrogens is 270 g/mol. The second-order valence-electron chi connectivity index (χ2n) is 4.31. The van der Waals surface area contributed by atoms with Crippen LogP contribution in [0.25, 0.3) is 0 Å². The molecule has 0 unspecified atom stereocenters. The number of nitrogens with zero attached hydrogens (tertiary/aromatic N) is 1. The monoisotopic (exact) mass is 285 g/mol. The largest absolute Gasteiger partial charge is 0.338 e. The van der Waals surface area contributed by atoms with E-state index in [1.807, 2.05) is 6.07 Å². The Hall–Kier alpha value is -1.01. The zero-order valence-electron chi connectivity index (χ0n) is 9.87. The number of amides is 1. The molecular formula is C12H15NO3S2. The number of benzene rings is 1. The van der Waals surface area contributed by atoms with Gasteiger partial charge in [0.15, 0.2) is 9.84 Å². The number of rotatable bonds is 1. The summed E-state index contributed by atoms with van der Waals surface area (Å²) in [6, 6.07) is 7.06. The van der Waals surface area contributed by atoms with E-state index >= 15 is 0 Å². The van der Waals surface area contributed by atoms with Crippen LogP contribution >= 0.6 is 12.6 Å². The molecule has 98 valence electrons. The van der Waals surface area contributed by atoms with Crippen LogP contribution in [0.4, 0.5) is 0 Å². The summed E-state index contributed by atoms with van der Waals surface area (Å²) < 4.78 is 23.0. The smallest absolute Gasteiger partial charge is 0.255 e. The van der Waals surface area contributed by atoms with Crippen molar-refractivity contribution < 1.29 is 13.2 Å². The maximum absolute atomic E-state index is 12.3. The standard InChI is InChI=1S/C12H15NO3S2/c14-12(10-4-1-2-5-11(10)17)13-6-3-8-18(15,16)9-7-13/h1-2,4-5,17H,3,6-9H2. The lowest BCUT2D eigenvalue weighted by atomic mass is 10.2. The van der Waals surface area contributed by atoms with Gasteiger partial charge in [-0.25, -0.2) is 8.42 Å². The molecule has 1 saturated heterocycles. The number of carbonyl (C=O) groups excluding carboxylic acids is 1. The minimum absolute atomic E-state index is 0.0491. The molecule has 1 heterocycles. The first-order valence-electron chi connectivity index (χ1n) is 5.77. The molecule has 1 fully saturated rings. The molecule has 6 heteroatoms. The maximum atomic E-state index is 12.3. The fourth-order valence-electron chi connectivity index (χ4n) is 1.97. The Balaban J connectivity index is 2.17. The highest BCUT2D eigenvalue weighted by Gasteiger charge is 2.23. The highest BCUT2D eigenvalue weighted by atomic mass is 32.2. The normalized spacial score (nSPS) is 19.3. The molecule has 1 aromatic rings. The van der Waals surface area contributed by atoms with E-state index < -0.39 is 9.84 Å². The van der Waals surface area contributed by atoms with Crippen LogP contribution in [0, 0.1) is 0 Å². The number of sulfone groups is 1. The number of thiol groups is 1. The molecule has 0 aliphatic carbocycles. The summed E-state index contributed by atoms with van der Waals surface area (Å²) in [5, 5.41) is 0. The Morgan fingerprint density at radius 2 is 1.89 bits per heavy atom. The molecule has 0 N–H and O–H groups in total. The van der Waals surface area contributed by atoms with Gasteiger partial charge in [0.05, 0.1) is 17.1 Å². The minimum Gasteiger partial charge on any atom is -0.338 e. The van der Waals surface area contributed by atoms with E-state index in [4.69, 9.17) is 0 Å². The molecule has 0 aromatic heterocycles. The van der Waals surface area contributed by atoms with Crippen molar-refractivity contribution in [1.29, 1.82) is 0 Å². The molecule has 0 bridgehead atoms. The first-order valence-corrected chi connectivity index (χ1v) is 8.04. The van der Waals surface area contributed by atoms with Crippen LogP contribution in [0.1, 0.15) is 16.8 Å². The lowest BCUT2D eigenvalue weighted by Crippen LogP contribution is -2.33. The first kappa shape index (κ1) is 13.4. The average molecular weight is 285 g/mol. The van der Waals surface area contributed by atoms with Gasteiger partial charge in [-0.05, 0) is 18.6 Å². The summed E-state index contributed by atoms with van der Waals surface area (Å²) in [6.45, 7) is 0.753. The summed E-state index contributed by atoms with van der Waals surface area (Å²) in [5.41, 5.74) is 0.528. The van der Waals surface area contributed by atoms with E-state index in [2.05, 4.69) is 12.6 Å². The van der Waals surface area contributed by atoms with Crippen LogP contribution in [0.5, 0.6) is 0 Å². The van der Waals surface area contributed by atoms with Crippen LogP contribution in [0.3, 0.4) is 0 Å². The van der Waals surface area contributed by atoms with Gasteiger partial charge >= 0.3 is 0 Å². The molecule has 1 aliphatic heterocycles. The molecule has 1 amide bonds. The predicted octanol–water partition coefficient (Wildman–Crippen LogP) is 1.24. The Morgan fingerprint density at radius 3 is 2.61 bits per heavy atom. The number of hydrogen-bond donors (Lipinski definition) is 1. The average Bonchev–Trinajstić information content (AvgIpc) is 2.50. The van der Waals surface area contributed by atoms with E-state index in [-0.39, 0.29) is 24.0 Å². The van der Waals surface area contributed by atoms with Crippen molar-refractivity contribution in [3.63, 3.8) is 0 Å². The molecule has 0 atom stereocenters. The lowest BCUT2D eigenvalue weighted by molar-refractivity contribution is 0.0765. The van der Waals surface area contributed by atoms with Crippen molar-refractivity contribution in [2.45, 2.75) is 11.3 Å². The van der Waals surface area contributed by atoms with Crippen molar-refractivity contribution in [1.82, 2.24) is 4.90 Å². The van der Waals surface area contributed by atoms with Gasteiger partial charge in [0.25, 0.3) is 5.91 Å². The third-order valence-electron chi connectivity index (χ3n) is 2.98. The highest BCUT2D eigenvalue weighted by molar-refractivity contribution is 7.91. The molecule has 1 aromatic carbocycles. The Morgan fingerprint density at radius 1 is 1.17 bits per heavy atom. The van der Waals surface area contributed by atoms with Gasteiger partial charge in [0.1, 0.15) is 0 Å². The molecule has 0 spiro atoms. The second kappa shape index (κ2) is 5.32. The van der Waals surface area contributed by atoms with Gasteiger partial charge in [0, 0.05) is 18.0 Å². The molecule has 18 heavy (non-hydrogen) atoms. The zero-order chi connectivity index (χ0) is 13.2. The Bertz CT molecular complexity index is 554. The van der Waals surface area contributed by atoms with Gasteiger partial charge < -0.3 is 4.90 Å². The third-order valence-corrected chi connectivity index (χ3v) is 5.08. The van der Waals surface area contributed by atoms with Crippen LogP contribution in [-0.2, 0) is 9.84 Å². The predicted molar refractivity (Wildman–Crippen MR) is 72.9 cm³/mol. The molecule has 1 aliphatic rings. The summed E-state index contributed by atoms with van der Waals surface area (Å²) in [6.07, 6.45) is 0.503. The summed E-state index contributed by atoms with van der Waals surface area (Å²) >= 11 is 4.25. The van der Waals surface area contributed by atoms with Gasteiger partial charge in [-0.3, -0.25) is 4.79 Å². The number of carbonyl (C=O) groups is 1. The van der Waals surface area contributed by atoms with Gasteiger partial charge in [-0.2, -0.15) is 0 Å². The summed E-state index contributed by atoms with van der Waals surface area (Å²) in [5.74, 6) is 0.0740. The number of hydrogen-bond acceptors (Lipinski definition) is 4. The summed E-state index contributed by atoms with van der Waals surface area (Å²) in [7, 11) is -2.99. The minimum atomic E-state index is -2.99. The van der Waals surface area contributed by atoms with Crippen LogP contribution < -0.4 is 0 Å². The van der Waals surface area contributed by atoms with Gasteiger partial charge in [-0.15, -0.1) is 12.6 Å². The van der Waals surface area contributed by atoms with Crippen LogP contribution in [0.2, 0.25) is 0 Å². The van der Waals surface area contributed by atoms with E-state index in [1.54, 1.807) is 23.1 Å². The second-order valence-corrected chi connectivity index (χ2v) is 7.10. The quantitative estimate of drug-likeness (QED) is 0.790. The maximum Gasteiger partial charge on any atom is 0.255 e. The molecule has 2 rings (SSSR count). The van der Waals surface area contributed by atoms with Gasteiger partial charge in [0.2, 0.25) is 0 Å². The fraction of sp³-hybridized carbons (Fsp3) is 0.417.